The van der Waals surface area contributed by atoms with Crippen LogP contribution >= 0.6 is 0 Å². The highest BCUT2D eigenvalue weighted by molar-refractivity contribution is 5.97. The molecular weight excluding hydrogens is 280 g/mol. The maximum atomic E-state index is 11.5. The molecule has 0 bridgehead atoms. The van der Waals surface area contributed by atoms with E-state index in [1.807, 2.05) is 6.07 Å². The second-order valence-electron chi connectivity index (χ2n) is 4.40. The molecule has 2 heterocycles. The van der Waals surface area contributed by atoms with Gasteiger partial charge in [0.15, 0.2) is 0 Å². The van der Waals surface area contributed by atoms with Crippen molar-refractivity contribution in [3.63, 3.8) is 0 Å². The lowest BCUT2D eigenvalue weighted by Gasteiger charge is -2.08. The third kappa shape index (κ3) is 4.30. The number of carbonyl (C=O) groups excluding carboxylic acids is 1. The molecule has 0 saturated heterocycles. The van der Waals surface area contributed by atoms with Crippen LogP contribution in [0.2, 0.25) is 0 Å². The van der Waals surface area contributed by atoms with Gasteiger partial charge in [0.25, 0.3) is 5.91 Å². The molecule has 0 radical (unpaired) electrons. The van der Waals surface area contributed by atoms with Crippen molar-refractivity contribution in [1.29, 1.82) is 0 Å². The van der Waals surface area contributed by atoms with E-state index in [9.17, 15) is 4.79 Å². The number of nitrogens with two attached hydrogens (primary N) is 1. The Labute approximate surface area is 128 Å². The Bertz CT molecular complexity index is 705. The lowest BCUT2D eigenvalue weighted by Crippen LogP contribution is -2.17. The molecule has 0 unspecified atom stereocenters. The molecule has 0 atom stereocenters. The van der Waals surface area contributed by atoms with Gasteiger partial charge in [-0.1, -0.05) is 11.8 Å². The van der Waals surface area contributed by atoms with Gasteiger partial charge in [-0.05, 0) is 18.2 Å². The third-order valence-corrected chi connectivity index (χ3v) is 2.76. The summed E-state index contributed by atoms with van der Waals surface area (Å²) in [4.78, 5) is 19.7. The van der Waals surface area contributed by atoms with Gasteiger partial charge in [0.05, 0.1) is 12.2 Å². The second kappa shape index (κ2) is 7.76. The molecule has 6 heteroatoms. The third-order valence-electron chi connectivity index (χ3n) is 2.76. The maximum Gasteiger partial charge on any atom is 0.252 e. The van der Waals surface area contributed by atoms with Gasteiger partial charge in [0, 0.05) is 43.4 Å². The summed E-state index contributed by atoms with van der Waals surface area (Å²) in [5, 5.41) is 3.00. The summed E-state index contributed by atoms with van der Waals surface area (Å²) >= 11 is 0. The van der Waals surface area contributed by atoms with Crippen LogP contribution in [-0.2, 0) is 4.74 Å². The molecule has 0 aromatic carbocycles. The monoisotopic (exact) mass is 296 g/mol. The first kappa shape index (κ1) is 15.5. The standard InChI is InChI=1S/C16H16N4O2/c1-22-8-7-19-16-14(15(17)21)9-13(11-20-16)5-4-12-3-2-6-18-10-12/h2-3,6,9-11H,7-8H2,1H3,(H2,17,21)(H,19,20). The number of pyridine rings is 2. The summed E-state index contributed by atoms with van der Waals surface area (Å²) in [5.74, 6) is 5.76. The normalized spacial score (nSPS) is 9.68. The van der Waals surface area contributed by atoms with E-state index < -0.39 is 5.91 Å². The Morgan fingerprint density at radius 2 is 2.18 bits per heavy atom. The summed E-state index contributed by atoms with van der Waals surface area (Å²) in [6, 6.07) is 5.27. The van der Waals surface area contributed by atoms with Crippen molar-refractivity contribution in [1.82, 2.24) is 9.97 Å². The van der Waals surface area contributed by atoms with Gasteiger partial charge in [0.2, 0.25) is 0 Å². The molecule has 2 aromatic rings. The molecule has 2 aromatic heterocycles. The number of carbonyl (C=O) groups is 1. The number of amides is 1. The van der Waals surface area contributed by atoms with Crippen molar-refractivity contribution in [3.8, 4) is 11.8 Å². The number of methoxy groups -OCH3 is 1. The fourth-order valence-corrected chi connectivity index (χ4v) is 1.71. The summed E-state index contributed by atoms with van der Waals surface area (Å²) in [6.07, 6.45) is 4.93. The molecule has 0 aliphatic rings. The van der Waals surface area contributed by atoms with Crippen LogP contribution in [0, 0.1) is 11.8 Å². The number of rotatable bonds is 5. The molecule has 6 nitrogen and oxygen atoms in total. The average Bonchev–Trinajstić information content (AvgIpc) is 2.54. The van der Waals surface area contributed by atoms with Crippen molar-refractivity contribution < 1.29 is 9.53 Å². The van der Waals surface area contributed by atoms with Crippen LogP contribution in [-0.4, -0.2) is 36.1 Å². The predicted octanol–water partition coefficient (Wildman–Crippen LogP) is 1.03. The van der Waals surface area contributed by atoms with Crippen LogP contribution in [0.15, 0.2) is 36.8 Å². The van der Waals surface area contributed by atoms with E-state index in [1.165, 1.54) is 0 Å². The fourth-order valence-electron chi connectivity index (χ4n) is 1.71. The Morgan fingerprint density at radius 3 is 2.86 bits per heavy atom. The molecule has 0 spiro atoms. The first-order chi connectivity index (χ1) is 10.7. The van der Waals surface area contributed by atoms with E-state index in [1.54, 1.807) is 37.8 Å². The van der Waals surface area contributed by atoms with Crippen molar-refractivity contribution in [2.45, 2.75) is 0 Å². The van der Waals surface area contributed by atoms with Gasteiger partial charge >= 0.3 is 0 Å². The smallest absolute Gasteiger partial charge is 0.252 e. The fraction of sp³-hybridized carbons (Fsp3) is 0.188. The molecule has 22 heavy (non-hydrogen) atoms. The first-order valence-electron chi connectivity index (χ1n) is 6.65. The summed E-state index contributed by atoms with van der Waals surface area (Å²) in [6.45, 7) is 1.03. The van der Waals surface area contributed by atoms with E-state index in [4.69, 9.17) is 10.5 Å². The van der Waals surface area contributed by atoms with Gasteiger partial charge in [-0.2, -0.15) is 0 Å². The zero-order valence-electron chi connectivity index (χ0n) is 12.2. The zero-order chi connectivity index (χ0) is 15.8. The van der Waals surface area contributed by atoms with E-state index in [0.29, 0.717) is 30.1 Å². The lowest BCUT2D eigenvalue weighted by molar-refractivity contribution is 0.100. The molecule has 112 valence electrons. The minimum absolute atomic E-state index is 0.300. The molecule has 0 saturated carbocycles. The summed E-state index contributed by atoms with van der Waals surface area (Å²) in [5.41, 5.74) is 7.08. The lowest BCUT2D eigenvalue weighted by atomic mass is 10.1. The van der Waals surface area contributed by atoms with E-state index in [-0.39, 0.29) is 0 Å². The minimum Gasteiger partial charge on any atom is -0.383 e. The number of hydrogen-bond donors (Lipinski definition) is 2. The van der Waals surface area contributed by atoms with Crippen molar-refractivity contribution >= 4 is 11.7 Å². The molecule has 0 aliphatic heterocycles. The number of aromatic nitrogens is 2. The quantitative estimate of drug-likeness (QED) is 0.635. The second-order valence-corrected chi connectivity index (χ2v) is 4.40. The van der Waals surface area contributed by atoms with Crippen LogP contribution in [0.4, 0.5) is 5.82 Å². The van der Waals surface area contributed by atoms with Gasteiger partial charge < -0.3 is 15.8 Å². The highest BCUT2D eigenvalue weighted by Crippen LogP contribution is 2.13. The maximum absolute atomic E-state index is 11.5. The molecule has 2 rings (SSSR count). The Hall–Kier alpha value is -2.91. The van der Waals surface area contributed by atoms with Crippen LogP contribution in [0.5, 0.6) is 0 Å². The highest BCUT2D eigenvalue weighted by Gasteiger charge is 2.10. The van der Waals surface area contributed by atoms with Crippen LogP contribution < -0.4 is 11.1 Å². The van der Waals surface area contributed by atoms with Crippen LogP contribution in [0.25, 0.3) is 0 Å². The highest BCUT2D eigenvalue weighted by atomic mass is 16.5. The molecule has 1 amide bonds. The Kier molecular flexibility index (Phi) is 5.46. The SMILES string of the molecule is COCCNc1ncc(C#Cc2cccnc2)cc1C(N)=O. The largest absolute Gasteiger partial charge is 0.383 e. The van der Waals surface area contributed by atoms with Gasteiger partial charge in [0.1, 0.15) is 5.82 Å². The topological polar surface area (TPSA) is 90.1 Å². The molecule has 3 N–H and O–H groups in total. The number of nitrogens with zero attached hydrogens (tertiary/aromatic N) is 2. The first-order valence-corrected chi connectivity index (χ1v) is 6.65. The van der Waals surface area contributed by atoms with Gasteiger partial charge in [-0.25, -0.2) is 4.98 Å². The number of hydrogen-bond acceptors (Lipinski definition) is 5. The molecular formula is C16H16N4O2. The van der Waals surface area contributed by atoms with Gasteiger partial charge in [-0.15, -0.1) is 0 Å². The van der Waals surface area contributed by atoms with E-state index in [0.717, 1.165) is 5.56 Å². The Balaban J connectivity index is 2.22. The molecule has 0 fully saturated rings. The summed E-state index contributed by atoms with van der Waals surface area (Å²) in [7, 11) is 1.60. The van der Waals surface area contributed by atoms with E-state index in [2.05, 4.69) is 27.1 Å². The number of anilines is 1. The summed E-state index contributed by atoms with van der Waals surface area (Å²) < 4.78 is 4.94. The van der Waals surface area contributed by atoms with Crippen molar-refractivity contribution in [2.24, 2.45) is 5.73 Å². The van der Waals surface area contributed by atoms with Crippen LogP contribution in [0.3, 0.4) is 0 Å². The Morgan fingerprint density at radius 1 is 1.36 bits per heavy atom. The predicted molar refractivity (Wildman–Crippen MR) is 83.3 cm³/mol. The van der Waals surface area contributed by atoms with Gasteiger partial charge in [-0.3, -0.25) is 9.78 Å². The van der Waals surface area contributed by atoms with Crippen molar-refractivity contribution in [2.75, 3.05) is 25.6 Å². The average molecular weight is 296 g/mol. The van der Waals surface area contributed by atoms with Crippen molar-refractivity contribution in [3.05, 3.63) is 53.5 Å². The zero-order valence-corrected chi connectivity index (χ0v) is 12.2. The van der Waals surface area contributed by atoms with E-state index >= 15 is 0 Å². The number of primary amides is 1. The van der Waals surface area contributed by atoms with Crippen LogP contribution in [0.1, 0.15) is 21.5 Å². The number of nitrogens with one attached hydrogen (secondary N) is 1. The molecule has 0 aliphatic carbocycles. The minimum atomic E-state index is -0.558. The number of ether oxygens (including phenoxy) is 1.